The van der Waals surface area contributed by atoms with Gasteiger partial charge >= 0.3 is 0 Å². The Morgan fingerprint density at radius 2 is 2.33 bits per heavy atom. The molecule has 1 aromatic rings. The van der Waals surface area contributed by atoms with E-state index in [2.05, 4.69) is 37.1 Å². The van der Waals surface area contributed by atoms with Gasteiger partial charge < -0.3 is 0 Å². The highest BCUT2D eigenvalue weighted by atomic mass is 15.3. The fourth-order valence-corrected chi connectivity index (χ4v) is 0.855. The maximum atomic E-state index is 4.04. The molecule has 12 heavy (non-hydrogen) atoms. The van der Waals surface area contributed by atoms with Crippen LogP contribution in [0.2, 0.25) is 0 Å². The van der Waals surface area contributed by atoms with Gasteiger partial charge in [-0.2, -0.15) is 5.10 Å². The van der Waals surface area contributed by atoms with E-state index >= 15 is 0 Å². The Balaban J connectivity index is 3.01. The minimum absolute atomic E-state index is 0.366. The molecule has 0 fully saturated rings. The predicted molar refractivity (Wildman–Crippen MR) is 50.3 cm³/mol. The molecule has 0 aliphatic carbocycles. The highest BCUT2D eigenvalue weighted by molar-refractivity contribution is 5.49. The van der Waals surface area contributed by atoms with Gasteiger partial charge in [0.15, 0.2) is 5.82 Å². The zero-order chi connectivity index (χ0) is 9.14. The Morgan fingerprint density at radius 1 is 1.67 bits per heavy atom. The van der Waals surface area contributed by atoms with Crippen molar-refractivity contribution in [1.82, 2.24) is 14.8 Å². The van der Waals surface area contributed by atoms with Crippen LogP contribution in [-0.2, 0) is 0 Å². The van der Waals surface area contributed by atoms with Crippen LogP contribution in [0.3, 0.4) is 0 Å². The van der Waals surface area contributed by atoms with E-state index in [9.17, 15) is 0 Å². The van der Waals surface area contributed by atoms with Crippen LogP contribution in [-0.4, -0.2) is 14.8 Å². The summed E-state index contributed by atoms with van der Waals surface area (Å²) in [6.07, 6.45) is 3.17. The molecule has 3 heteroatoms. The molecule has 0 bridgehead atoms. The Labute approximate surface area is 72.4 Å². The zero-order valence-electron chi connectivity index (χ0n) is 7.49. The Bertz CT molecular complexity index is 296. The van der Waals surface area contributed by atoms with Gasteiger partial charge in [-0.3, -0.25) is 0 Å². The number of allylic oxidation sites excluding steroid dienone is 1. The first-order chi connectivity index (χ1) is 5.66. The van der Waals surface area contributed by atoms with Gasteiger partial charge in [-0.15, -0.1) is 0 Å². The van der Waals surface area contributed by atoms with Crippen molar-refractivity contribution in [3.05, 3.63) is 25.3 Å². The number of nitrogens with zero attached hydrogens (tertiary/aromatic N) is 3. The summed E-state index contributed by atoms with van der Waals surface area (Å²) < 4.78 is 1.71. The Hall–Kier alpha value is -1.38. The number of aromatic nitrogens is 3. The first-order valence-corrected chi connectivity index (χ1v) is 3.88. The Morgan fingerprint density at radius 3 is 2.83 bits per heavy atom. The van der Waals surface area contributed by atoms with Crippen molar-refractivity contribution in [2.45, 2.75) is 13.8 Å². The fraction of sp³-hybridized carbons (Fsp3) is 0.333. The quantitative estimate of drug-likeness (QED) is 0.682. The molecule has 1 aromatic heterocycles. The lowest BCUT2D eigenvalue weighted by Gasteiger charge is -2.09. The zero-order valence-corrected chi connectivity index (χ0v) is 7.49. The van der Waals surface area contributed by atoms with Crippen LogP contribution in [0.1, 0.15) is 19.7 Å². The minimum atomic E-state index is 0.366. The summed E-state index contributed by atoms with van der Waals surface area (Å²) in [6, 6.07) is 0. The van der Waals surface area contributed by atoms with Gasteiger partial charge in [0.1, 0.15) is 6.33 Å². The highest BCUT2D eigenvalue weighted by Crippen LogP contribution is 2.13. The van der Waals surface area contributed by atoms with Gasteiger partial charge in [-0.05, 0) is 12.0 Å². The van der Waals surface area contributed by atoms with Crippen LogP contribution in [0, 0.1) is 5.92 Å². The minimum Gasteiger partial charge on any atom is -0.218 e. The topological polar surface area (TPSA) is 30.7 Å². The maximum Gasteiger partial charge on any atom is 0.154 e. The molecule has 0 saturated carbocycles. The lowest BCUT2D eigenvalue weighted by molar-refractivity contribution is 0.742. The largest absolute Gasteiger partial charge is 0.218 e. The molecule has 0 spiro atoms. The van der Waals surface area contributed by atoms with Crippen LogP contribution in [0.25, 0.3) is 11.8 Å². The monoisotopic (exact) mass is 163 g/mol. The van der Waals surface area contributed by atoms with Gasteiger partial charge in [-0.25, -0.2) is 9.67 Å². The first kappa shape index (κ1) is 8.71. The summed E-state index contributed by atoms with van der Waals surface area (Å²) in [5.74, 6) is 1.11. The second-order valence-electron chi connectivity index (χ2n) is 2.88. The third kappa shape index (κ3) is 1.44. The molecule has 0 atom stereocenters. The lowest BCUT2D eigenvalue weighted by Crippen LogP contribution is -2.05. The van der Waals surface area contributed by atoms with E-state index in [-0.39, 0.29) is 0 Å². The van der Waals surface area contributed by atoms with E-state index in [4.69, 9.17) is 0 Å². The van der Waals surface area contributed by atoms with Crippen molar-refractivity contribution >= 4 is 11.8 Å². The van der Waals surface area contributed by atoms with Gasteiger partial charge in [0.05, 0.1) is 0 Å². The van der Waals surface area contributed by atoms with Crippen molar-refractivity contribution in [2.75, 3.05) is 0 Å². The molecule has 0 unspecified atom stereocenters. The molecule has 0 radical (unpaired) electrons. The summed E-state index contributed by atoms with van der Waals surface area (Å²) in [4.78, 5) is 4.01. The van der Waals surface area contributed by atoms with E-state index in [1.807, 2.05) is 0 Å². The van der Waals surface area contributed by atoms with Crippen molar-refractivity contribution in [1.29, 1.82) is 0 Å². The van der Waals surface area contributed by atoms with Crippen molar-refractivity contribution < 1.29 is 0 Å². The predicted octanol–water partition coefficient (Wildman–Crippen LogP) is 2.05. The van der Waals surface area contributed by atoms with Crippen molar-refractivity contribution in [3.8, 4) is 0 Å². The van der Waals surface area contributed by atoms with E-state index in [0.717, 1.165) is 11.5 Å². The molecule has 0 saturated heterocycles. The van der Waals surface area contributed by atoms with E-state index < -0.39 is 0 Å². The number of rotatable bonds is 3. The van der Waals surface area contributed by atoms with Crippen molar-refractivity contribution in [2.24, 2.45) is 5.92 Å². The normalized spacial score (nSPS) is 10.2. The van der Waals surface area contributed by atoms with E-state index in [1.165, 1.54) is 6.33 Å². The Kier molecular flexibility index (Phi) is 2.43. The van der Waals surface area contributed by atoms with Crippen LogP contribution in [0.5, 0.6) is 0 Å². The molecule has 3 nitrogen and oxygen atoms in total. The third-order valence-corrected chi connectivity index (χ3v) is 1.70. The number of hydrogen-bond acceptors (Lipinski definition) is 2. The second-order valence-corrected chi connectivity index (χ2v) is 2.88. The second kappa shape index (κ2) is 3.34. The third-order valence-electron chi connectivity index (χ3n) is 1.70. The van der Waals surface area contributed by atoms with Crippen LogP contribution in [0.4, 0.5) is 0 Å². The SMILES string of the molecule is C=Cc1ncnn1C(=C)C(C)C. The lowest BCUT2D eigenvalue weighted by atomic mass is 10.1. The molecular weight excluding hydrogens is 150 g/mol. The van der Waals surface area contributed by atoms with Gasteiger partial charge in [0.2, 0.25) is 0 Å². The highest BCUT2D eigenvalue weighted by Gasteiger charge is 2.06. The molecule has 0 aliphatic rings. The summed E-state index contributed by atoms with van der Waals surface area (Å²) in [5.41, 5.74) is 0.933. The van der Waals surface area contributed by atoms with Crippen LogP contribution >= 0.6 is 0 Å². The molecule has 0 amide bonds. The molecular formula is C9H13N3. The molecule has 1 rings (SSSR count). The smallest absolute Gasteiger partial charge is 0.154 e. The van der Waals surface area contributed by atoms with Crippen LogP contribution < -0.4 is 0 Å². The van der Waals surface area contributed by atoms with Gasteiger partial charge in [0.25, 0.3) is 0 Å². The molecule has 1 heterocycles. The number of hydrogen-bond donors (Lipinski definition) is 0. The van der Waals surface area contributed by atoms with Gasteiger partial charge in [0, 0.05) is 5.70 Å². The van der Waals surface area contributed by atoms with E-state index in [0.29, 0.717) is 5.92 Å². The summed E-state index contributed by atoms with van der Waals surface area (Å²) in [7, 11) is 0. The average molecular weight is 163 g/mol. The standard InChI is InChI=1S/C9H13N3/c1-5-9-10-6-11-12(9)8(4)7(2)3/h5-7H,1,4H2,2-3H3. The maximum absolute atomic E-state index is 4.04. The summed E-state index contributed by atoms with van der Waals surface area (Å²) in [6.45, 7) is 11.7. The summed E-state index contributed by atoms with van der Waals surface area (Å²) in [5, 5.41) is 4.04. The summed E-state index contributed by atoms with van der Waals surface area (Å²) >= 11 is 0. The fourth-order valence-electron chi connectivity index (χ4n) is 0.855. The van der Waals surface area contributed by atoms with Crippen molar-refractivity contribution in [3.63, 3.8) is 0 Å². The van der Waals surface area contributed by atoms with E-state index in [1.54, 1.807) is 10.8 Å². The molecule has 0 aliphatic heterocycles. The average Bonchev–Trinajstić information content (AvgIpc) is 2.49. The molecule has 0 aromatic carbocycles. The molecule has 0 N–H and O–H groups in total. The molecule has 64 valence electrons. The van der Waals surface area contributed by atoms with Crippen LogP contribution in [0.15, 0.2) is 19.5 Å². The first-order valence-electron chi connectivity index (χ1n) is 3.88. The van der Waals surface area contributed by atoms with Gasteiger partial charge in [-0.1, -0.05) is 27.0 Å².